The first-order valence-corrected chi connectivity index (χ1v) is 6.31. The van der Waals surface area contributed by atoms with Crippen LogP contribution in [-0.2, 0) is 16.1 Å². The lowest BCUT2D eigenvalue weighted by Gasteiger charge is -2.12. The third-order valence-corrected chi connectivity index (χ3v) is 3.12. The number of esters is 1. The van der Waals surface area contributed by atoms with Crippen molar-refractivity contribution in [2.45, 2.75) is 20.4 Å². The molecule has 1 aromatic carbocycles. The molecule has 0 unspecified atom stereocenters. The van der Waals surface area contributed by atoms with Crippen LogP contribution in [0.25, 0.3) is 0 Å². The van der Waals surface area contributed by atoms with Crippen molar-refractivity contribution < 1.29 is 19.1 Å². The van der Waals surface area contributed by atoms with Gasteiger partial charge in [-0.25, -0.2) is 0 Å². The highest BCUT2D eigenvalue weighted by atomic mass is 127. The Morgan fingerprint density at radius 1 is 1.28 bits per heavy atom. The first-order chi connectivity index (χ1) is 8.43. The second-order valence-electron chi connectivity index (χ2n) is 3.60. The van der Waals surface area contributed by atoms with Crippen LogP contribution in [0.1, 0.15) is 19.4 Å². The molecule has 0 aliphatic carbocycles. The standard InChI is InChI=1S/C12H14INO4/c1-7(15)14-6-9-4-11(17-3)12(5-10(9)13)18-8(2)16/h4-5H,6H2,1-3H3,(H,14,15). The summed E-state index contributed by atoms with van der Waals surface area (Å²) in [6, 6.07) is 3.45. The van der Waals surface area contributed by atoms with Gasteiger partial charge in [-0.2, -0.15) is 0 Å². The number of amides is 1. The largest absolute Gasteiger partial charge is 0.493 e. The Kier molecular flexibility index (Phi) is 5.39. The van der Waals surface area contributed by atoms with Crippen LogP contribution in [0.15, 0.2) is 12.1 Å². The van der Waals surface area contributed by atoms with E-state index in [0.29, 0.717) is 18.0 Å². The van der Waals surface area contributed by atoms with E-state index < -0.39 is 5.97 Å². The van der Waals surface area contributed by atoms with Crippen LogP contribution in [0.4, 0.5) is 0 Å². The van der Waals surface area contributed by atoms with Crippen LogP contribution in [0.5, 0.6) is 11.5 Å². The Bertz CT molecular complexity index is 473. The van der Waals surface area contributed by atoms with Crippen LogP contribution < -0.4 is 14.8 Å². The Labute approximate surface area is 119 Å². The van der Waals surface area contributed by atoms with Crippen LogP contribution in [-0.4, -0.2) is 19.0 Å². The molecule has 0 bridgehead atoms. The lowest BCUT2D eigenvalue weighted by Crippen LogP contribution is -2.19. The zero-order valence-corrected chi connectivity index (χ0v) is 12.5. The Hall–Kier alpha value is -1.31. The number of halogens is 1. The predicted octanol–water partition coefficient (Wildman–Crippen LogP) is 1.86. The van der Waals surface area contributed by atoms with Crippen molar-refractivity contribution in [1.82, 2.24) is 5.32 Å². The predicted molar refractivity (Wildman–Crippen MR) is 74.5 cm³/mol. The molecule has 0 aromatic heterocycles. The van der Waals surface area contributed by atoms with E-state index in [1.807, 2.05) is 0 Å². The van der Waals surface area contributed by atoms with Gasteiger partial charge in [0.05, 0.1) is 7.11 Å². The zero-order valence-electron chi connectivity index (χ0n) is 10.4. The second kappa shape index (κ2) is 6.58. The second-order valence-corrected chi connectivity index (χ2v) is 4.76. The fourth-order valence-electron chi connectivity index (χ4n) is 1.33. The number of hydrogen-bond acceptors (Lipinski definition) is 4. The van der Waals surface area contributed by atoms with Crippen molar-refractivity contribution >= 4 is 34.5 Å². The van der Waals surface area contributed by atoms with Gasteiger partial charge in [0.15, 0.2) is 11.5 Å². The van der Waals surface area contributed by atoms with E-state index in [2.05, 4.69) is 27.9 Å². The van der Waals surface area contributed by atoms with Gasteiger partial charge in [0, 0.05) is 24.0 Å². The van der Waals surface area contributed by atoms with Gasteiger partial charge in [0.2, 0.25) is 5.91 Å². The minimum Gasteiger partial charge on any atom is -0.493 e. The van der Waals surface area contributed by atoms with E-state index in [1.54, 1.807) is 12.1 Å². The molecule has 18 heavy (non-hydrogen) atoms. The van der Waals surface area contributed by atoms with Crippen molar-refractivity contribution in [3.8, 4) is 11.5 Å². The van der Waals surface area contributed by atoms with E-state index >= 15 is 0 Å². The number of hydrogen-bond donors (Lipinski definition) is 1. The molecule has 0 fully saturated rings. The molecule has 6 heteroatoms. The van der Waals surface area contributed by atoms with Gasteiger partial charge in [0.1, 0.15) is 0 Å². The van der Waals surface area contributed by atoms with Crippen molar-refractivity contribution in [3.05, 3.63) is 21.3 Å². The average molecular weight is 363 g/mol. The summed E-state index contributed by atoms with van der Waals surface area (Å²) in [7, 11) is 1.50. The maximum absolute atomic E-state index is 11.0. The summed E-state index contributed by atoms with van der Waals surface area (Å²) < 4.78 is 11.1. The Morgan fingerprint density at radius 2 is 1.94 bits per heavy atom. The maximum atomic E-state index is 11.0. The Morgan fingerprint density at radius 3 is 2.44 bits per heavy atom. The molecule has 0 heterocycles. The van der Waals surface area contributed by atoms with Crippen LogP contribution in [0.3, 0.4) is 0 Å². The van der Waals surface area contributed by atoms with Gasteiger partial charge in [-0.1, -0.05) is 0 Å². The maximum Gasteiger partial charge on any atom is 0.308 e. The highest BCUT2D eigenvalue weighted by Gasteiger charge is 2.12. The highest BCUT2D eigenvalue weighted by Crippen LogP contribution is 2.31. The van der Waals surface area contributed by atoms with Gasteiger partial charge < -0.3 is 14.8 Å². The van der Waals surface area contributed by atoms with Gasteiger partial charge in [0.25, 0.3) is 0 Å². The molecule has 0 saturated heterocycles. The number of ether oxygens (including phenoxy) is 2. The fourth-order valence-corrected chi connectivity index (χ4v) is 1.96. The average Bonchev–Trinajstić information content (AvgIpc) is 2.27. The summed E-state index contributed by atoms with van der Waals surface area (Å²) in [4.78, 5) is 21.8. The lowest BCUT2D eigenvalue weighted by atomic mass is 10.2. The van der Waals surface area contributed by atoms with E-state index in [-0.39, 0.29) is 5.91 Å². The topological polar surface area (TPSA) is 64.6 Å². The molecule has 1 N–H and O–H groups in total. The van der Waals surface area contributed by atoms with Crippen LogP contribution in [0, 0.1) is 3.57 Å². The molecule has 1 rings (SSSR count). The molecule has 0 aliphatic rings. The monoisotopic (exact) mass is 363 g/mol. The summed E-state index contributed by atoms with van der Waals surface area (Å²) in [5.74, 6) is 0.333. The summed E-state index contributed by atoms with van der Waals surface area (Å²) in [5, 5.41) is 2.71. The zero-order chi connectivity index (χ0) is 13.7. The number of rotatable bonds is 4. The quantitative estimate of drug-likeness (QED) is 0.504. The van der Waals surface area contributed by atoms with Gasteiger partial charge in [-0.3, -0.25) is 9.59 Å². The van der Waals surface area contributed by atoms with Crippen LogP contribution in [0.2, 0.25) is 0 Å². The molecular weight excluding hydrogens is 349 g/mol. The van der Waals surface area contributed by atoms with Crippen molar-refractivity contribution in [2.75, 3.05) is 7.11 Å². The molecule has 5 nitrogen and oxygen atoms in total. The normalized spacial score (nSPS) is 9.78. The van der Waals surface area contributed by atoms with Crippen molar-refractivity contribution in [1.29, 1.82) is 0 Å². The SMILES string of the molecule is COc1cc(CNC(C)=O)c(I)cc1OC(C)=O. The van der Waals surface area contributed by atoms with Crippen molar-refractivity contribution in [2.24, 2.45) is 0 Å². The summed E-state index contributed by atoms with van der Waals surface area (Å²) in [6.45, 7) is 3.19. The highest BCUT2D eigenvalue weighted by molar-refractivity contribution is 14.1. The number of carbonyl (C=O) groups excluding carboxylic acids is 2. The van der Waals surface area contributed by atoms with Crippen molar-refractivity contribution in [3.63, 3.8) is 0 Å². The Balaban J connectivity index is 3.01. The minimum absolute atomic E-state index is 0.103. The number of carbonyl (C=O) groups is 2. The number of benzene rings is 1. The number of methoxy groups -OCH3 is 1. The molecule has 0 aliphatic heterocycles. The third-order valence-electron chi connectivity index (χ3n) is 2.11. The first kappa shape index (κ1) is 14.7. The van der Waals surface area contributed by atoms with E-state index in [4.69, 9.17) is 9.47 Å². The van der Waals surface area contributed by atoms with Gasteiger partial charge >= 0.3 is 5.97 Å². The molecule has 1 amide bonds. The molecule has 0 radical (unpaired) electrons. The summed E-state index contributed by atoms with van der Waals surface area (Å²) in [6.07, 6.45) is 0. The molecule has 0 spiro atoms. The molecule has 1 aromatic rings. The van der Waals surface area contributed by atoms with Gasteiger partial charge in [-0.05, 0) is 40.3 Å². The summed E-state index contributed by atoms with van der Waals surface area (Å²) in [5.41, 5.74) is 0.901. The molecule has 0 atom stereocenters. The fraction of sp³-hybridized carbons (Fsp3) is 0.333. The van der Waals surface area contributed by atoms with E-state index in [9.17, 15) is 9.59 Å². The summed E-state index contributed by atoms with van der Waals surface area (Å²) >= 11 is 2.11. The molecule has 0 saturated carbocycles. The van der Waals surface area contributed by atoms with E-state index in [0.717, 1.165) is 9.13 Å². The van der Waals surface area contributed by atoms with Gasteiger partial charge in [-0.15, -0.1) is 0 Å². The van der Waals surface area contributed by atoms with E-state index in [1.165, 1.54) is 21.0 Å². The lowest BCUT2D eigenvalue weighted by molar-refractivity contribution is -0.132. The first-order valence-electron chi connectivity index (χ1n) is 5.23. The number of nitrogens with one attached hydrogen (secondary N) is 1. The third kappa shape index (κ3) is 4.17. The molecular formula is C12H14INO4. The smallest absolute Gasteiger partial charge is 0.308 e. The minimum atomic E-state index is -0.404. The van der Waals surface area contributed by atoms with Crippen LogP contribution >= 0.6 is 22.6 Å². The molecule has 98 valence electrons.